The molecule has 0 aliphatic carbocycles. The molecule has 27 heavy (non-hydrogen) atoms. The van der Waals surface area contributed by atoms with Crippen LogP contribution < -0.4 is 5.32 Å². The molecule has 0 saturated heterocycles. The minimum absolute atomic E-state index is 0.132. The van der Waals surface area contributed by atoms with Crippen LogP contribution in [0.2, 0.25) is 0 Å². The van der Waals surface area contributed by atoms with Crippen molar-refractivity contribution in [2.24, 2.45) is 7.05 Å². The molecule has 0 aliphatic heterocycles. The summed E-state index contributed by atoms with van der Waals surface area (Å²) in [6, 6.07) is 15.7. The van der Waals surface area contributed by atoms with Crippen molar-refractivity contribution in [2.75, 3.05) is 0 Å². The fraction of sp³-hybridized carbons (Fsp3) is 0.238. The number of aryl methyl sites for hydroxylation is 1. The molecule has 6 nitrogen and oxygen atoms in total. The molecule has 1 aromatic heterocycles. The molecule has 3 rings (SSSR count). The number of amides is 1. The van der Waals surface area contributed by atoms with E-state index in [-0.39, 0.29) is 12.8 Å². The number of nitrogens with one attached hydrogen (secondary N) is 1. The number of hydrogen-bond acceptors (Lipinski definition) is 3. The highest BCUT2D eigenvalue weighted by Gasteiger charge is 2.25. The van der Waals surface area contributed by atoms with Gasteiger partial charge < -0.3 is 20.1 Å². The summed E-state index contributed by atoms with van der Waals surface area (Å²) < 4.78 is 1.93. The quantitative estimate of drug-likeness (QED) is 0.595. The fourth-order valence-electron chi connectivity index (χ4n) is 3.21. The Morgan fingerprint density at radius 3 is 2.41 bits per heavy atom. The van der Waals surface area contributed by atoms with Gasteiger partial charge in [0.05, 0.1) is 0 Å². The third-order valence-corrected chi connectivity index (χ3v) is 4.59. The predicted octanol–water partition coefficient (Wildman–Crippen LogP) is 1.89. The first-order valence-electron chi connectivity index (χ1n) is 8.74. The number of aliphatic hydroxyl groups excluding tert-OH is 1. The molecule has 2 atom stereocenters. The van der Waals surface area contributed by atoms with Crippen LogP contribution in [-0.4, -0.2) is 38.8 Å². The number of carbonyl (C=O) groups is 2. The van der Waals surface area contributed by atoms with Gasteiger partial charge in [-0.1, -0.05) is 48.5 Å². The molecule has 0 saturated carbocycles. The lowest BCUT2D eigenvalue weighted by Gasteiger charge is -2.17. The van der Waals surface area contributed by atoms with E-state index in [4.69, 9.17) is 0 Å². The standard InChI is InChI=1S/C21H22N2O4/c1-23-13-15(16-9-5-6-10-18(16)23)12-17(21(26)27)22-20(25)19(24)11-14-7-3-2-4-8-14/h2-10,13,17,19,24H,11-12H2,1H3,(H,22,25)(H,26,27)/t17-,19-/m0/s1. The summed E-state index contributed by atoms with van der Waals surface area (Å²) in [5.74, 6) is -1.82. The van der Waals surface area contributed by atoms with E-state index < -0.39 is 24.0 Å². The number of aliphatic hydroxyl groups is 1. The van der Waals surface area contributed by atoms with Gasteiger partial charge in [-0.15, -0.1) is 0 Å². The Bertz CT molecular complexity index is 949. The molecule has 0 bridgehead atoms. The zero-order chi connectivity index (χ0) is 19.4. The molecule has 0 aliphatic rings. The van der Waals surface area contributed by atoms with Crippen molar-refractivity contribution >= 4 is 22.8 Å². The van der Waals surface area contributed by atoms with Gasteiger partial charge >= 0.3 is 5.97 Å². The van der Waals surface area contributed by atoms with E-state index in [2.05, 4.69) is 5.32 Å². The lowest BCUT2D eigenvalue weighted by Crippen LogP contribution is -2.47. The molecule has 0 fully saturated rings. The number of carbonyl (C=O) groups excluding carboxylic acids is 1. The molecule has 0 unspecified atom stereocenters. The minimum atomic E-state index is -1.30. The number of carboxylic acids is 1. The fourth-order valence-corrected chi connectivity index (χ4v) is 3.21. The van der Waals surface area contributed by atoms with Gasteiger partial charge in [0.1, 0.15) is 12.1 Å². The van der Waals surface area contributed by atoms with E-state index in [1.165, 1.54) is 0 Å². The van der Waals surface area contributed by atoms with E-state index in [9.17, 15) is 19.8 Å². The van der Waals surface area contributed by atoms with Crippen LogP contribution >= 0.6 is 0 Å². The molecule has 0 radical (unpaired) electrons. The summed E-state index contributed by atoms with van der Waals surface area (Å²) in [6.07, 6.45) is 0.836. The Hall–Kier alpha value is -3.12. The first-order chi connectivity index (χ1) is 13.0. The van der Waals surface area contributed by atoms with E-state index in [0.29, 0.717) is 0 Å². The number of nitrogens with zero attached hydrogens (tertiary/aromatic N) is 1. The Labute approximate surface area is 157 Å². The summed E-state index contributed by atoms with van der Waals surface area (Å²) in [5.41, 5.74) is 2.63. The summed E-state index contributed by atoms with van der Waals surface area (Å²) >= 11 is 0. The van der Waals surface area contributed by atoms with Crippen LogP contribution in [0.3, 0.4) is 0 Å². The van der Waals surface area contributed by atoms with Crippen LogP contribution in [-0.2, 0) is 29.5 Å². The lowest BCUT2D eigenvalue weighted by atomic mass is 10.0. The van der Waals surface area contributed by atoms with Crippen molar-refractivity contribution in [1.29, 1.82) is 0 Å². The second-order valence-corrected chi connectivity index (χ2v) is 6.59. The first kappa shape index (κ1) is 18.7. The van der Waals surface area contributed by atoms with Crippen molar-refractivity contribution in [3.05, 3.63) is 71.9 Å². The minimum Gasteiger partial charge on any atom is -0.480 e. The monoisotopic (exact) mass is 366 g/mol. The largest absolute Gasteiger partial charge is 0.480 e. The van der Waals surface area contributed by atoms with E-state index in [0.717, 1.165) is 22.0 Å². The lowest BCUT2D eigenvalue weighted by molar-refractivity contribution is -0.143. The van der Waals surface area contributed by atoms with Crippen LogP contribution in [0.25, 0.3) is 10.9 Å². The number of benzene rings is 2. The van der Waals surface area contributed by atoms with Crippen molar-refractivity contribution in [1.82, 2.24) is 9.88 Å². The number of aromatic nitrogens is 1. The van der Waals surface area contributed by atoms with Gasteiger partial charge in [-0.2, -0.15) is 0 Å². The summed E-state index contributed by atoms with van der Waals surface area (Å²) in [6.45, 7) is 0. The Morgan fingerprint density at radius 2 is 1.70 bits per heavy atom. The van der Waals surface area contributed by atoms with Crippen molar-refractivity contribution in [3.8, 4) is 0 Å². The zero-order valence-corrected chi connectivity index (χ0v) is 15.0. The zero-order valence-electron chi connectivity index (χ0n) is 15.0. The summed E-state index contributed by atoms with van der Waals surface area (Å²) in [5, 5.41) is 23.1. The SMILES string of the molecule is Cn1cc(C[C@H](NC(=O)[C@@H](O)Cc2ccccc2)C(=O)O)c2ccccc21. The second-order valence-electron chi connectivity index (χ2n) is 6.59. The number of rotatable bonds is 7. The summed E-state index contributed by atoms with van der Waals surface area (Å²) in [7, 11) is 1.89. The molecular weight excluding hydrogens is 344 g/mol. The Kier molecular flexibility index (Phi) is 5.57. The first-order valence-corrected chi connectivity index (χ1v) is 8.74. The van der Waals surface area contributed by atoms with Gasteiger partial charge in [-0.3, -0.25) is 4.79 Å². The number of fused-ring (bicyclic) bond motifs is 1. The van der Waals surface area contributed by atoms with Gasteiger partial charge in [0.2, 0.25) is 5.91 Å². The topological polar surface area (TPSA) is 91.6 Å². The molecule has 3 aromatic rings. The van der Waals surface area contributed by atoms with Gasteiger partial charge in [0, 0.05) is 37.0 Å². The normalized spacial score (nSPS) is 13.3. The maximum Gasteiger partial charge on any atom is 0.326 e. The third kappa shape index (κ3) is 4.35. The van der Waals surface area contributed by atoms with Crippen LogP contribution in [0.4, 0.5) is 0 Å². The highest BCUT2D eigenvalue weighted by atomic mass is 16.4. The van der Waals surface area contributed by atoms with E-state index in [1.54, 1.807) is 12.1 Å². The predicted molar refractivity (Wildman–Crippen MR) is 102 cm³/mol. The van der Waals surface area contributed by atoms with Crippen LogP contribution in [0.1, 0.15) is 11.1 Å². The maximum absolute atomic E-state index is 12.3. The molecule has 2 aromatic carbocycles. The Morgan fingerprint density at radius 1 is 1.04 bits per heavy atom. The second kappa shape index (κ2) is 8.05. The molecule has 1 amide bonds. The molecule has 3 N–H and O–H groups in total. The third-order valence-electron chi connectivity index (χ3n) is 4.59. The highest BCUT2D eigenvalue weighted by molar-refractivity contribution is 5.88. The molecule has 6 heteroatoms. The van der Waals surface area contributed by atoms with Crippen LogP contribution in [0, 0.1) is 0 Å². The van der Waals surface area contributed by atoms with Crippen LogP contribution in [0.15, 0.2) is 60.8 Å². The summed E-state index contributed by atoms with van der Waals surface area (Å²) in [4.78, 5) is 24.0. The number of carboxylic acid groups (broad SMARTS) is 1. The average molecular weight is 366 g/mol. The highest BCUT2D eigenvalue weighted by Crippen LogP contribution is 2.21. The Balaban J connectivity index is 1.72. The van der Waals surface area contributed by atoms with E-state index in [1.807, 2.05) is 60.3 Å². The molecule has 1 heterocycles. The average Bonchev–Trinajstić information content (AvgIpc) is 2.98. The van der Waals surface area contributed by atoms with E-state index >= 15 is 0 Å². The van der Waals surface area contributed by atoms with Crippen LogP contribution in [0.5, 0.6) is 0 Å². The number of aliphatic carboxylic acids is 1. The maximum atomic E-state index is 12.3. The molecular formula is C21H22N2O4. The van der Waals surface area contributed by atoms with Crippen molar-refractivity contribution < 1.29 is 19.8 Å². The van der Waals surface area contributed by atoms with Crippen molar-refractivity contribution in [3.63, 3.8) is 0 Å². The van der Waals surface area contributed by atoms with Gasteiger partial charge in [-0.25, -0.2) is 4.79 Å². The van der Waals surface area contributed by atoms with Gasteiger partial charge in [0.25, 0.3) is 0 Å². The van der Waals surface area contributed by atoms with Gasteiger partial charge in [-0.05, 0) is 17.2 Å². The molecule has 0 spiro atoms. The van der Waals surface area contributed by atoms with Gasteiger partial charge in [0.15, 0.2) is 0 Å². The smallest absolute Gasteiger partial charge is 0.326 e. The number of hydrogen-bond donors (Lipinski definition) is 3. The number of para-hydroxylation sites is 1. The van der Waals surface area contributed by atoms with Crippen molar-refractivity contribution in [2.45, 2.75) is 25.0 Å². The molecule has 140 valence electrons.